The van der Waals surface area contributed by atoms with E-state index >= 15 is 0 Å². The molecule has 3 aromatic heterocycles. The smallest absolute Gasteiger partial charge is 0.349 e. The molecule has 0 radical (unpaired) electrons. The summed E-state index contributed by atoms with van der Waals surface area (Å²) >= 11 is 6.07. The Morgan fingerprint density at radius 3 is 2.71 bits per heavy atom. The maximum Gasteiger partial charge on any atom is 0.349 e. The van der Waals surface area contributed by atoms with Crippen LogP contribution in [0.3, 0.4) is 0 Å². The van der Waals surface area contributed by atoms with Crippen LogP contribution in [0.4, 0.5) is 5.82 Å². The molecule has 0 saturated heterocycles. The molecule has 0 bridgehead atoms. The molecule has 1 unspecified atom stereocenters. The lowest BCUT2D eigenvalue weighted by atomic mass is 10.0. The Bertz CT molecular complexity index is 1360. The molecule has 0 saturated carbocycles. The number of nitrogens with zero attached hydrogens (tertiary/aromatic N) is 6. The zero-order chi connectivity index (χ0) is 22.0. The van der Waals surface area contributed by atoms with E-state index in [-0.39, 0.29) is 16.9 Å². The number of hydrogen-bond acceptors (Lipinski definition) is 7. The first-order valence-corrected chi connectivity index (χ1v) is 9.92. The third-order valence-electron chi connectivity index (χ3n) is 5.00. The first kappa shape index (κ1) is 20.4. The topological polar surface area (TPSA) is 109 Å². The van der Waals surface area contributed by atoms with Gasteiger partial charge in [-0.15, -0.1) is 0 Å². The second-order valence-corrected chi connectivity index (χ2v) is 7.41. The van der Waals surface area contributed by atoms with E-state index in [0.29, 0.717) is 23.6 Å². The predicted octanol–water partition coefficient (Wildman–Crippen LogP) is 3.41. The van der Waals surface area contributed by atoms with E-state index in [1.54, 1.807) is 37.8 Å². The average Bonchev–Trinajstić information content (AvgIpc) is 2.78. The lowest BCUT2D eigenvalue weighted by Gasteiger charge is -2.16. The molecular weight excluding hydrogens is 414 g/mol. The predicted molar refractivity (Wildman–Crippen MR) is 118 cm³/mol. The Labute approximate surface area is 183 Å². The number of pyridine rings is 1. The quantitative estimate of drug-likeness (QED) is 0.482. The molecule has 0 spiro atoms. The first-order chi connectivity index (χ1) is 15.0. The van der Waals surface area contributed by atoms with Crippen LogP contribution >= 0.6 is 11.6 Å². The lowest BCUT2D eigenvalue weighted by Crippen LogP contribution is -2.23. The Hall–Kier alpha value is -3.83. The number of rotatable bonds is 5. The SMILES string of the molecule is CC(Nc1nc(=O)n(C)c2ccc(Cc3ccnc(Cl)c3C#N)cc12)c1ncccn1. The van der Waals surface area contributed by atoms with Gasteiger partial charge in [0.05, 0.1) is 17.1 Å². The molecule has 0 aliphatic carbocycles. The van der Waals surface area contributed by atoms with Gasteiger partial charge in [-0.1, -0.05) is 17.7 Å². The number of aromatic nitrogens is 5. The van der Waals surface area contributed by atoms with Gasteiger partial charge in [0.1, 0.15) is 22.9 Å². The van der Waals surface area contributed by atoms with Crippen molar-refractivity contribution in [1.29, 1.82) is 5.26 Å². The molecule has 31 heavy (non-hydrogen) atoms. The van der Waals surface area contributed by atoms with E-state index in [0.717, 1.165) is 22.0 Å². The summed E-state index contributed by atoms with van der Waals surface area (Å²) in [5.74, 6) is 1.05. The van der Waals surface area contributed by atoms with Crippen LogP contribution in [0, 0.1) is 11.3 Å². The van der Waals surface area contributed by atoms with Gasteiger partial charge in [0.15, 0.2) is 0 Å². The third kappa shape index (κ3) is 4.09. The van der Waals surface area contributed by atoms with Crippen molar-refractivity contribution in [3.63, 3.8) is 0 Å². The standard InChI is InChI=1S/C22H18ClN7O/c1-13(20-26-7-3-8-27-20)28-21-16-11-14(4-5-18(16)30(2)22(31)29-21)10-15-6-9-25-19(23)17(15)12-24/h3-9,11,13H,10H2,1-2H3,(H,28,29,31). The summed E-state index contributed by atoms with van der Waals surface area (Å²) in [4.78, 5) is 29.1. The van der Waals surface area contributed by atoms with Crippen molar-refractivity contribution >= 4 is 28.3 Å². The van der Waals surface area contributed by atoms with Crippen molar-refractivity contribution in [2.24, 2.45) is 7.05 Å². The Kier molecular flexibility index (Phi) is 5.60. The zero-order valence-corrected chi connectivity index (χ0v) is 17.6. The van der Waals surface area contributed by atoms with Crippen LogP contribution in [0.5, 0.6) is 0 Å². The van der Waals surface area contributed by atoms with Crippen molar-refractivity contribution in [3.8, 4) is 6.07 Å². The van der Waals surface area contributed by atoms with Gasteiger partial charge in [0.2, 0.25) is 0 Å². The van der Waals surface area contributed by atoms with Gasteiger partial charge in [-0.05, 0) is 48.7 Å². The summed E-state index contributed by atoms with van der Waals surface area (Å²) in [7, 11) is 1.68. The molecule has 1 N–H and O–H groups in total. The van der Waals surface area contributed by atoms with Crippen molar-refractivity contribution in [2.75, 3.05) is 5.32 Å². The Morgan fingerprint density at radius 1 is 1.19 bits per heavy atom. The monoisotopic (exact) mass is 431 g/mol. The van der Waals surface area contributed by atoms with Crippen LogP contribution in [0.25, 0.3) is 10.9 Å². The fourth-order valence-electron chi connectivity index (χ4n) is 3.38. The molecule has 4 rings (SSSR count). The van der Waals surface area contributed by atoms with Gasteiger partial charge in [0, 0.05) is 31.0 Å². The molecule has 4 aromatic rings. The number of benzene rings is 1. The number of nitrogens with one attached hydrogen (secondary N) is 1. The highest BCUT2D eigenvalue weighted by atomic mass is 35.5. The van der Waals surface area contributed by atoms with E-state index in [9.17, 15) is 10.1 Å². The van der Waals surface area contributed by atoms with Gasteiger partial charge in [-0.3, -0.25) is 4.57 Å². The molecule has 8 nitrogen and oxygen atoms in total. The summed E-state index contributed by atoms with van der Waals surface area (Å²) in [6.45, 7) is 1.91. The summed E-state index contributed by atoms with van der Waals surface area (Å²) in [6.07, 6.45) is 5.40. The maximum atomic E-state index is 12.4. The second-order valence-electron chi connectivity index (χ2n) is 7.05. The van der Waals surface area contributed by atoms with Crippen LogP contribution in [0.2, 0.25) is 5.15 Å². The molecule has 0 aliphatic rings. The Balaban J connectivity index is 1.77. The van der Waals surface area contributed by atoms with Gasteiger partial charge in [-0.2, -0.15) is 10.2 Å². The van der Waals surface area contributed by atoms with Gasteiger partial charge < -0.3 is 5.32 Å². The average molecular weight is 432 g/mol. The highest BCUT2D eigenvalue weighted by Gasteiger charge is 2.15. The summed E-state index contributed by atoms with van der Waals surface area (Å²) in [5, 5.41) is 13.6. The molecule has 0 amide bonds. The molecule has 0 fully saturated rings. The molecule has 1 atom stereocenters. The van der Waals surface area contributed by atoms with Crippen molar-refractivity contribution in [2.45, 2.75) is 19.4 Å². The number of aryl methyl sites for hydroxylation is 1. The second kappa shape index (κ2) is 8.50. The number of nitriles is 1. The van der Waals surface area contributed by atoms with Crippen LogP contribution in [0.15, 0.2) is 53.7 Å². The number of fused-ring (bicyclic) bond motifs is 1. The molecule has 1 aromatic carbocycles. The highest BCUT2D eigenvalue weighted by Crippen LogP contribution is 2.26. The van der Waals surface area contributed by atoms with Gasteiger partial charge in [-0.25, -0.2) is 19.7 Å². The van der Waals surface area contributed by atoms with E-state index in [1.165, 1.54) is 4.57 Å². The van der Waals surface area contributed by atoms with Crippen molar-refractivity contribution < 1.29 is 0 Å². The highest BCUT2D eigenvalue weighted by molar-refractivity contribution is 6.30. The Morgan fingerprint density at radius 2 is 1.97 bits per heavy atom. The molecule has 3 heterocycles. The third-order valence-corrected chi connectivity index (χ3v) is 5.28. The maximum absolute atomic E-state index is 12.4. The van der Waals surface area contributed by atoms with E-state index in [2.05, 4.69) is 31.3 Å². The van der Waals surface area contributed by atoms with Crippen molar-refractivity contribution in [1.82, 2.24) is 24.5 Å². The number of halogens is 1. The van der Waals surface area contributed by atoms with E-state index in [1.807, 2.05) is 25.1 Å². The molecular formula is C22H18ClN7O. The largest absolute Gasteiger partial charge is 0.360 e. The number of anilines is 1. The molecule has 0 aliphatic heterocycles. The zero-order valence-electron chi connectivity index (χ0n) is 16.9. The van der Waals surface area contributed by atoms with Crippen LogP contribution in [-0.2, 0) is 13.5 Å². The van der Waals surface area contributed by atoms with Gasteiger partial charge >= 0.3 is 5.69 Å². The van der Waals surface area contributed by atoms with Crippen LogP contribution in [0.1, 0.15) is 35.5 Å². The van der Waals surface area contributed by atoms with Crippen LogP contribution in [-0.4, -0.2) is 24.5 Å². The van der Waals surface area contributed by atoms with Crippen LogP contribution < -0.4 is 11.0 Å². The van der Waals surface area contributed by atoms with E-state index in [4.69, 9.17) is 11.6 Å². The summed E-state index contributed by atoms with van der Waals surface area (Å²) in [5.41, 5.74) is 2.45. The molecule has 9 heteroatoms. The fourth-order valence-corrected chi connectivity index (χ4v) is 3.60. The van der Waals surface area contributed by atoms with Crippen molar-refractivity contribution in [3.05, 3.63) is 87.1 Å². The fraction of sp³-hybridized carbons (Fsp3) is 0.182. The summed E-state index contributed by atoms with van der Waals surface area (Å²) < 4.78 is 1.50. The van der Waals surface area contributed by atoms with Gasteiger partial charge in [0.25, 0.3) is 0 Å². The minimum Gasteiger partial charge on any atom is -0.360 e. The number of hydrogen-bond donors (Lipinski definition) is 1. The minimum absolute atomic E-state index is 0.184. The first-order valence-electron chi connectivity index (χ1n) is 9.54. The summed E-state index contributed by atoms with van der Waals surface area (Å²) in [6, 6.07) is 11.1. The lowest BCUT2D eigenvalue weighted by molar-refractivity contribution is 0.776. The minimum atomic E-state index is -0.364. The normalized spacial score (nSPS) is 11.8. The molecule has 154 valence electrons. The van der Waals surface area contributed by atoms with E-state index < -0.39 is 0 Å².